The third kappa shape index (κ3) is 6.02. The zero-order chi connectivity index (χ0) is 23.0. The molecule has 174 valence electrons. The molecule has 1 aromatic heterocycles. The fourth-order valence-electron chi connectivity index (χ4n) is 4.58. The van der Waals surface area contributed by atoms with E-state index in [1.807, 2.05) is 54.6 Å². The van der Waals surface area contributed by atoms with Gasteiger partial charge in [-0.25, -0.2) is 4.98 Å². The van der Waals surface area contributed by atoms with Gasteiger partial charge in [-0.1, -0.05) is 37.5 Å². The molecular formula is C27H34N4O2. The molecule has 0 unspecified atom stereocenters. The molecule has 1 fully saturated rings. The Kier molecular flexibility index (Phi) is 7.79. The Morgan fingerprint density at radius 3 is 2.61 bits per heavy atom. The number of ether oxygens (including phenoxy) is 1. The molecule has 1 aliphatic rings. The summed E-state index contributed by atoms with van der Waals surface area (Å²) in [4.78, 5) is 20.3. The van der Waals surface area contributed by atoms with Gasteiger partial charge in [0.25, 0.3) is 5.91 Å². The number of carbonyl (C=O) groups excluding carboxylic acids is 1. The molecule has 0 saturated heterocycles. The predicted octanol–water partition coefficient (Wildman–Crippen LogP) is 5.37. The average molecular weight is 447 g/mol. The molecule has 0 atom stereocenters. The van der Waals surface area contributed by atoms with Crippen LogP contribution in [-0.2, 0) is 0 Å². The van der Waals surface area contributed by atoms with Crippen LogP contribution >= 0.6 is 0 Å². The van der Waals surface area contributed by atoms with Crippen LogP contribution in [-0.4, -0.2) is 49.1 Å². The van der Waals surface area contributed by atoms with Crippen molar-refractivity contribution in [1.82, 2.24) is 15.2 Å². The molecule has 0 bridgehead atoms. The summed E-state index contributed by atoms with van der Waals surface area (Å²) in [5.41, 5.74) is 2.31. The Morgan fingerprint density at radius 2 is 1.85 bits per heavy atom. The van der Waals surface area contributed by atoms with Gasteiger partial charge in [0.15, 0.2) is 0 Å². The normalized spacial score (nSPS) is 14.4. The summed E-state index contributed by atoms with van der Waals surface area (Å²) in [6, 6.07) is 17.9. The van der Waals surface area contributed by atoms with Gasteiger partial charge in [0.2, 0.25) is 0 Å². The molecule has 3 aromatic rings. The summed E-state index contributed by atoms with van der Waals surface area (Å²) in [6.45, 7) is 1.67. The van der Waals surface area contributed by atoms with Crippen molar-refractivity contribution in [2.24, 2.45) is 0 Å². The van der Waals surface area contributed by atoms with Crippen molar-refractivity contribution in [2.45, 2.75) is 44.6 Å². The standard InChI is InChI=1S/C27H34N4O2/c1-31(21-9-4-3-5-10-21)18-8-17-28-27(32)24-19-26(30-25-12-7-6-11-23(24)25)29-20-13-15-22(33-2)16-14-20/h6-7,11-16,19,21H,3-5,8-10,17-18H2,1-2H3,(H,28,32)(H,29,30). The largest absolute Gasteiger partial charge is 0.497 e. The molecule has 2 aromatic carbocycles. The number of methoxy groups -OCH3 is 1. The van der Waals surface area contributed by atoms with E-state index in [9.17, 15) is 4.79 Å². The van der Waals surface area contributed by atoms with Crippen molar-refractivity contribution in [1.29, 1.82) is 0 Å². The minimum absolute atomic E-state index is 0.0632. The first-order chi connectivity index (χ1) is 16.1. The highest BCUT2D eigenvalue weighted by Gasteiger charge is 2.18. The summed E-state index contributed by atoms with van der Waals surface area (Å²) < 4.78 is 5.22. The number of hydrogen-bond acceptors (Lipinski definition) is 5. The molecule has 33 heavy (non-hydrogen) atoms. The van der Waals surface area contributed by atoms with Crippen LogP contribution in [0.15, 0.2) is 54.6 Å². The first kappa shape index (κ1) is 23.1. The average Bonchev–Trinajstić information content (AvgIpc) is 2.87. The highest BCUT2D eigenvalue weighted by molar-refractivity contribution is 6.07. The number of anilines is 2. The number of pyridine rings is 1. The number of rotatable bonds is 9. The topological polar surface area (TPSA) is 66.5 Å². The second kappa shape index (κ2) is 11.1. The smallest absolute Gasteiger partial charge is 0.252 e. The molecule has 2 N–H and O–H groups in total. The lowest BCUT2D eigenvalue weighted by Crippen LogP contribution is -2.35. The third-order valence-electron chi connectivity index (χ3n) is 6.49. The van der Waals surface area contributed by atoms with Crippen LogP contribution in [0.1, 0.15) is 48.9 Å². The Morgan fingerprint density at radius 1 is 1.09 bits per heavy atom. The van der Waals surface area contributed by atoms with E-state index in [-0.39, 0.29) is 5.91 Å². The Balaban J connectivity index is 1.41. The van der Waals surface area contributed by atoms with Gasteiger partial charge >= 0.3 is 0 Å². The van der Waals surface area contributed by atoms with Crippen LogP contribution in [0, 0.1) is 0 Å². The van der Waals surface area contributed by atoms with E-state index in [2.05, 4.69) is 22.6 Å². The SMILES string of the molecule is COc1ccc(Nc2cc(C(=O)NCCCN(C)C3CCCCC3)c3ccccc3n2)cc1. The maximum Gasteiger partial charge on any atom is 0.252 e. The van der Waals surface area contributed by atoms with Crippen molar-refractivity contribution < 1.29 is 9.53 Å². The molecule has 1 saturated carbocycles. The predicted molar refractivity (Wildman–Crippen MR) is 134 cm³/mol. The van der Waals surface area contributed by atoms with Gasteiger partial charge in [0.1, 0.15) is 11.6 Å². The van der Waals surface area contributed by atoms with E-state index in [0.29, 0.717) is 24.0 Å². The van der Waals surface area contributed by atoms with Crippen molar-refractivity contribution in [3.05, 3.63) is 60.2 Å². The zero-order valence-corrected chi connectivity index (χ0v) is 19.6. The molecule has 0 spiro atoms. The molecule has 1 amide bonds. The van der Waals surface area contributed by atoms with Crippen LogP contribution in [0.3, 0.4) is 0 Å². The maximum atomic E-state index is 13.1. The number of carbonyl (C=O) groups is 1. The van der Waals surface area contributed by atoms with Crippen LogP contribution < -0.4 is 15.4 Å². The third-order valence-corrected chi connectivity index (χ3v) is 6.49. The quantitative estimate of drug-likeness (QED) is 0.433. The van der Waals surface area contributed by atoms with Gasteiger partial charge in [-0.15, -0.1) is 0 Å². The Bertz CT molecular complexity index is 1060. The minimum atomic E-state index is -0.0632. The van der Waals surface area contributed by atoms with E-state index in [4.69, 9.17) is 9.72 Å². The van der Waals surface area contributed by atoms with Crippen molar-refractivity contribution >= 4 is 28.3 Å². The molecule has 0 radical (unpaired) electrons. The molecule has 4 rings (SSSR count). The lowest BCUT2D eigenvalue weighted by atomic mass is 9.94. The summed E-state index contributed by atoms with van der Waals surface area (Å²) in [5, 5.41) is 7.28. The van der Waals surface area contributed by atoms with Crippen molar-refractivity contribution in [3.63, 3.8) is 0 Å². The summed E-state index contributed by atoms with van der Waals surface area (Å²) in [6.07, 6.45) is 7.60. The van der Waals surface area contributed by atoms with E-state index in [0.717, 1.165) is 35.3 Å². The lowest BCUT2D eigenvalue weighted by molar-refractivity contribution is 0.0952. The molecule has 6 nitrogen and oxygen atoms in total. The highest BCUT2D eigenvalue weighted by Crippen LogP contribution is 2.25. The van der Waals surface area contributed by atoms with E-state index in [1.54, 1.807) is 7.11 Å². The fraction of sp³-hybridized carbons (Fsp3) is 0.407. The molecular weight excluding hydrogens is 412 g/mol. The van der Waals surface area contributed by atoms with Gasteiger partial charge in [0.05, 0.1) is 18.2 Å². The van der Waals surface area contributed by atoms with E-state index in [1.165, 1.54) is 32.1 Å². The molecule has 6 heteroatoms. The number of amides is 1. The Hall–Kier alpha value is -3.12. The molecule has 1 aliphatic carbocycles. The zero-order valence-electron chi connectivity index (χ0n) is 19.6. The van der Waals surface area contributed by atoms with Crippen molar-refractivity contribution in [2.75, 3.05) is 32.6 Å². The van der Waals surface area contributed by atoms with Gasteiger partial charge in [0, 0.05) is 23.7 Å². The van der Waals surface area contributed by atoms with Crippen LogP contribution in [0.2, 0.25) is 0 Å². The van der Waals surface area contributed by atoms with E-state index < -0.39 is 0 Å². The summed E-state index contributed by atoms with van der Waals surface area (Å²) in [5.74, 6) is 1.37. The number of nitrogens with one attached hydrogen (secondary N) is 2. The monoisotopic (exact) mass is 446 g/mol. The van der Waals surface area contributed by atoms with Crippen LogP contribution in [0.25, 0.3) is 10.9 Å². The number of nitrogens with zero attached hydrogens (tertiary/aromatic N) is 2. The second-order valence-electron chi connectivity index (χ2n) is 8.81. The number of fused-ring (bicyclic) bond motifs is 1. The number of aromatic nitrogens is 1. The van der Waals surface area contributed by atoms with Gasteiger partial charge in [-0.3, -0.25) is 4.79 Å². The maximum absolute atomic E-state index is 13.1. The number of para-hydroxylation sites is 1. The number of benzene rings is 2. The minimum Gasteiger partial charge on any atom is -0.497 e. The van der Waals surface area contributed by atoms with Crippen LogP contribution in [0.4, 0.5) is 11.5 Å². The first-order valence-corrected chi connectivity index (χ1v) is 11.9. The summed E-state index contributed by atoms with van der Waals surface area (Å²) >= 11 is 0. The Labute approximate surface area is 196 Å². The van der Waals surface area contributed by atoms with Gasteiger partial charge in [-0.05, 0) is 69.3 Å². The first-order valence-electron chi connectivity index (χ1n) is 11.9. The molecule has 0 aliphatic heterocycles. The van der Waals surface area contributed by atoms with Crippen LogP contribution in [0.5, 0.6) is 5.75 Å². The number of hydrogen-bond donors (Lipinski definition) is 2. The lowest BCUT2D eigenvalue weighted by Gasteiger charge is -2.31. The highest BCUT2D eigenvalue weighted by atomic mass is 16.5. The van der Waals surface area contributed by atoms with Gasteiger partial charge in [-0.2, -0.15) is 0 Å². The molecule has 1 heterocycles. The second-order valence-corrected chi connectivity index (χ2v) is 8.81. The fourth-order valence-corrected chi connectivity index (χ4v) is 4.58. The van der Waals surface area contributed by atoms with Crippen molar-refractivity contribution in [3.8, 4) is 5.75 Å². The van der Waals surface area contributed by atoms with Gasteiger partial charge < -0.3 is 20.3 Å². The van der Waals surface area contributed by atoms with E-state index >= 15 is 0 Å². The summed E-state index contributed by atoms with van der Waals surface area (Å²) in [7, 11) is 3.86.